The third-order valence-electron chi connectivity index (χ3n) is 5.28. The van der Waals surface area contributed by atoms with Crippen molar-refractivity contribution in [3.8, 4) is 0 Å². The van der Waals surface area contributed by atoms with Gasteiger partial charge in [0.2, 0.25) is 0 Å². The van der Waals surface area contributed by atoms with Crippen LogP contribution in [0.15, 0.2) is 22.8 Å². The molecule has 0 spiro atoms. The predicted octanol–water partition coefficient (Wildman–Crippen LogP) is 2.76. The van der Waals surface area contributed by atoms with Crippen LogP contribution in [0.2, 0.25) is 0 Å². The van der Waals surface area contributed by atoms with Crippen LogP contribution >= 0.6 is 15.9 Å². The lowest BCUT2D eigenvalue weighted by Gasteiger charge is -2.40. The Morgan fingerprint density at radius 1 is 1.05 bits per heavy atom. The van der Waals surface area contributed by atoms with Gasteiger partial charge < -0.3 is 14.9 Å². The fourth-order valence-electron chi connectivity index (χ4n) is 3.96. The first-order valence-electron chi connectivity index (χ1n) is 8.47. The number of hydrogen-bond donors (Lipinski definition) is 1. The highest BCUT2D eigenvalue weighted by Crippen LogP contribution is 2.33. The quantitative estimate of drug-likeness (QED) is 0.830. The molecule has 2 fully saturated rings. The van der Waals surface area contributed by atoms with E-state index in [2.05, 4.69) is 42.8 Å². The van der Waals surface area contributed by atoms with Gasteiger partial charge >= 0.3 is 0 Å². The number of β-amino-alcohol motifs (C(OH)–C–C–N with tert-alkyl or cyclic N) is 1. The topological polar surface area (TPSA) is 39.6 Å². The Kier molecular flexibility index (Phi) is 5.71. The van der Waals surface area contributed by atoms with E-state index in [-0.39, 0.29) is 0 Å². The molecule has 2 aliphatic rings. The number of halogens is 1. The second-order valence-corrected chi connectivity index (χ2v) is 7.36. The summed E-state index contributed by atoms with van der Waals surface area (Å²) in [6, 6.07) is 6.16. The van der Waals surface area contributed by atoms with Crippen LogP contribution in [0.4, 0.5) is 5.82 Å². The van der Waals surface area contributed by atoms with E-state index in [1.54, 1.807) is 0 Å². The van der Waals surface area contributed by atoms with Crippen molar-refractivity contribution < 1.29 is 5.11 Å². The van der Waals surface area contributed by atoms with Gasteiger partial charge in [-0.25, -0.2) is 4.98 Å². The van der Waals surface area contributed by atoms with E-state index in [4.69, 9.17) is 5.11 Å². The molecular formula is C17H26BrN3O. The lowest BCUT2D eigenvalue weighted by molar-refractivity contribution is 0.115. The summed E-state index contributed by atoms with van der Waals surface area (Å²) in [5.41, 5.74) is 0. The van der Waals surface area contributed by atoms with Crippen LogP contribution in [-0.4, -0.2) is 54.3 Å². The van der Waals surface area contributed by atoms with Crippen LogP contribution in [0, 0.1) is 11.8 Å². The monoisotopic (exact) mass is 367 g/mol. The molecule has 5 heteroatoms. The van der Waals surface area contributed by atoms with E-state index in [9.17, 15) is 0 Å². The highest BCUT2D eigenvalue weighted by molar-refractivity contribution is 9.10. The summed E-state index contributed by atoms with van der Waals surface area (Å²) in [5, 5.41) is 9.03. The van der Waals surface area contributed by atoms with Crippen LogP contribution in [0.1, 0.15) is 25.7 Å². The minimum absolute atomic E-state index is 0.294. The maximum absolute atomic E-state index is 9.03. The Balaban J connectivity index is 1.48. The summed E-state index contributed by atoms with van der Waals surface area (Å²) >= 11 is 3.46. The maximum atomic E-state index is 9.03. The number of anilines is 1. The average molecular weight is 368 g/mol. The van der Waals surface area contributed by atoms with Crippen molar-refractivity contribution in [3.05, 3.63) is 22.8 Å². The minimum Gasteiger partial charge on any atom is -0.395 e. The minimum atomic E-state index is 0.294. The van der Waals surface area contributed by atoms with E-state index >= 15 is 0 Å². The third-order valence-corrected chi connectivity index (χ3v) is 5.72. The number of rotatable bonds is 4. The molecule has 0 bridgehead atoms. The molecule has 1 N–H and O–H groups in total. The third kappa shape index (κ3) is 4.00. The number of aromatic nitrogens is 1. The van der Waals surface area contributed by atoms with Gasteiger partial charge in [0, 0.05) is 19.6 Å². The van der Waals surface area contributed by atoms with Crippen LogP contribution < -0.4 is 4.90 Å². The van der Waals surface area contributed by atoms with Gasteiger partial charge in [0.05, 0.1) is 6.61 Å². The highest BCUT2D eigenvalue weighted by atomic mass is 79.9. The Morgan fingerprint density at radius 3 is 2.27 bits per heavy atom. The van der Waals surface area contributed by atoms with Crippen molar-refractivity contribution in [2.45, 2.75) is 25.7 Å². The van der Waals surface area contributed by atoms with Crippen molar-refractivity contribution >= 4 is 21.7 Å². The van der Waals surface area contributed by atoms with Crippen molar-refractivity contribution in [3.63, 3.8) is 0 Å². The van der Waals surface area contributed by atoms with E-state index < -0.39 is 0 Å². The highest BCUT2D eigenvalue weighted by Gasteiger charge is 2.29. The van der Waals surface area contributed by atoms with Crippen molar-refractivity contribution in [1.29, 1.82) is 0 Å². The smallest absolute Gasteiger partial charge is 0.129 e. The van der Waals surface area contributed by atoms with E-state index in [0.717, 1.165) is 41.9 Å². The number of aliphatic hydroxyl groups is 1. The molecule has 0 aromatic carbocycles. The van der Waals surface area contributed by atoms with Gasteiger partial charge in [0.15, 0.2) is 0 Å². The van der Waals surface area contributed by atoms with Gasteiger partial charge in [0.1, 0.15) is 10.4 Å². The number of likely N-dealkylation sites (tertiary alicyclic amines) is 1. The van der Waals surface area contributed by atoms with Crippen LogP contribution in [0.3, 0.4) is 0 Å². The summed E-state index contributed by atoms with van der Waals surface area (Å²) < 4.78 is 0.920. The van der Waals surface area contributed by atoms with Crippen molar-refractivity contribution in [1.82, 2.24) is 9.88 Å². The fraction of sp³-hybridized carbons (Fsp3) is 0.706. The lowest BCUT2D eigenvalue weighted by atomic mass is 9.79. The number of nitrogens with zero attached hydrogens (tertiary/aromatic N) is 3. The molecule has 2 saturated heterocycles. The molecule has 0 unspecified atom stereocenters. The van der Waals surface area contributed by atoms with Gasteiger partial charge in [-0.1, -0.05) is 6.07 Å². The van der Waals surface area contributed by atoms with Gasteiger partial charge in [-0.05, 0) is 78.7 Å². The van der Waals surface area contributed by atoms with Crippen LogP contribution in [0.25, 0.3) is 0 Å². The van der Waals surface area contributed by atoms with Crippen LogP contribution in [0.5, 0.6) is 0 Å². The number of aliphatic hydroxyl groups excluding tert-OH is 1. The predicted molar refractivity (Wildman–Crippen MR) is 93.1 cm³/mol. The van der Waals surface area contributed by atoms with E-state index in [0.29, 0.717) is 6.61 Å². The summed E-state index contributed by atoms with van der Waals surface area (Å²) in [6.45, 7) is 5.73. The van der Waals surface area contributed by atoms with Crippen molar-refractivity contribution in [2.24, 2.45) is 11.8 Å². The van der Waals surface area contributed by atoms with Gasteiger partial charge in [-0.3, -0.25) is 0 Å². The average Bonchev–Trinajstić information content (AvgIpc) is 2.56. The molecule has 22 heavy (non-hydrogen) atoms. The van der Waals surface area contributed by atoms with Crippen LogP contribution in [-0.2, 0) is 0 Å². The molecule has 1 aromatic rings. The fourth-order valence-corrected chi connectivity index (χ4v) is 4.30. The zero-order valence-electron chi connectivity index (χ0n) is 13.1. The normalized spacial score (nSPS) is 22.2. The first-order valence-corrected chi connectivity index (χ1v) is 9.26. The molecule has 3 heterocycles. The largest absolute Gasteiger partial charge is 0.395 e. The van der Waals surface area contributed by atoms with E-state index in [1.165, 1.54) is 38.8 Å². The molecule has 0 saturated carbocycles. The molecule has 3 rings (SSSR count). The first kappa shape index (κ1) is 16.2. The molecule has 4 nitrogen and oxygen atoms in total. The molecule has 0 aliphatic carbocycles. The zero-order chi connectivity index (χ0) is 15.4. The molecule has 2 aliphatic heterocycles. The number of piperidine rings is 2. The molecule has 0 amide bonds. The number of hydrogen-bond acceptors (Lipinski definition) is 4. The standard InChI is InChI=1S/C17H26BrN3O/c18-16-2-1-3-17(19-16)21-10-6-15(7-11-21)14-4-8-20(9-5-14)12-13-22/h1-3,14-15,22H,4-13H2. The second-order valence-electron chi connectivity index (χ2n) is 6.55. The Bertz CT molecular complexity index is 469. The number of pyridine rings is 1. The van der Waals surface area contributed by atoms with Gasteiger partial charge in [0.25, 0.3) is 0 Å². The lowest BCUT2D eigenvalue weighted by Crippen LogP contribution is -2.41. The molecule has 0 atom stereocenters. The Labute approximate surface area is 141 Å². The summed E-state index contributed by atoms with van der Waals surface area (Å²) in [4.78, 5) is 9.40. The maximum Gasteiger partial charge on any atom is 0.129 e. The summed E-state index contributed by atoms with van der Waals surface area (Å²) in [7, 11) is 0. The van der Waals surface area contributed by atoms with Crippen molar-refractivity contribution in [2.75, 3.05) is 44.2 Å². The first-order chi connectivity index (χ1) is 10.8. The Morgan fingerprint density at radius 2 is 1.68 bits per heavy atom. The molecule has 0 radical (unpaired) electrons. The van der Waals surface area contributed by atoms with E-state index in [1.807, 2.05) is 6.07 Å². The molecule has 122 valence electrons. The zero-order valence-corrected chi connectivity index (χ0v) is 14.7. The Hall–Kier alpha value is -0.650. The summed E-state index contributed by atoms with van der Waals surface area (Å²) in [6.07, 6.45) is 5.19. The van der Waals surface area contributed by atoms with Gasteiger partial charge in [-0.2, -0.15) is 0 Å². The summed E-state index contributed by atoms with van der Waals surface area (Å²) in [5.74, 6) is 2.86. The second kappa shape index (κ2) is 7.75. The SMILES string of the molecule is OCCN1CCC(C2CCN(c3cccc(Br)n3)CC2)CC1. The molecule has 1 aromatic heterocycles. The molecular weight excluding hydrogens is 342 g/mol. The van der Waals surface area contributed by atoms with Gasteiger partial charge in [-0.15, -0.1) is 0 Å².